The third-order valence-corrected chi connectivity index (χ3v) is 5.18. The zero-order valence-electron chi connectivity index (χ0n) is 14.9. The maximum atomic E-state index is 9.10. The zero-order valence-corrected chi connectivity index (χ0v) is 14.9. The molecule has 0 radical (unpaired) electrons. The van der Waals surface area contributed by atoms with Crippen LogP contribution >= 0.6 is 0 Å². The number of rotatable bonds is 4. The molecule has 2 saturated heterocycles. The lowest BCUT2D eigenvalue weighted by atomic mass is 9.99. The van der Waals surface area contributed by atoms with Gasteiger partial charge in [0.2, 0.25) is 0 Å². The number of aromatic nitrogens is 2. The molecule has 0 unspecified atom stereocenters. The summed E-state index contributed by atoms with van der Waals surface area (Å²) in [5.74, 6) is 0. The molecule has 0 amide bonds. The first-order chi connectivity index (χ1) is 12.7. The lowest BCUT2D eigenvalue weighted by Crippen LogP contribution is -2.44. The van der Waals surface area contributed by atoms with Gasteiger partial charge in [-0.15, -0.1) is 0 Å². The molecule has 2 aromatic rings. The van der Waals surface area contributed by atoms with Gasteiger partial charge in [0.05, 0.1) is 37.5 Å². The Bertz CT molecular complexity index is 770. The van der Waals surface area contributed by atoms with E-state index in [1.807, 2.05) is 35.1 Å². The van der Waals surface area contributed by atoms with Gasteiger partial charge in [0.15, 0.2) is 0 Å². The van der Waals surface area contributed by atoms with Gasteiger partial charge in [-0.2, -0.15) is 10.4 Å². The van der Waals surface area contributed by atoms with Gasteiger partial charge in [-0.25, -0.2) is 0 Å². The van der Waals surface area contributed by atoms with Crippen LogP contribution in [0.1, 0.15) is 24.0 Å². The highest BCUT2D eigenvalue weighted by molar-refractivity contribution is 5.32. The fraction of sp³-hybridized carbons (Fsp3) is 0.500. The summed E-state index contributed by atoms with van der Waals surface area (Å²) in [4.78, 5) is 2.39. The lowest BCUT2D eigenvalue weighted by Gasteiger charge is -2.32. The van der Waals surface area contributed by atoms with Crippen LogP contribution in [0.2, 0.25) is 0 Å². The minimum absolute atomic E-state index is 0.181. The normalized spacial score (nSPS) is 26.7. The molecule has 2 aliphatic rings. The van der Waals surface area contributed by atoms with Crippen molar-refractivity contribution in [3.8, 4) is 6.07 Å². The Labute approximate surface area is 153 Å². The van der Waals surface area contributed by atoms with Crippen molar-refractivity contribution in [1.82, 2.24) is 14.7 Å². The Kier molecular flexibility index (Phi) is 5.02. The molecule has 4 rings (SSSR count). The van der Waals surface area contributed by atoms with Gasteiger partial charge in [-0.05, 0) is 36.6 Å². The summed E-state index contributed by atoms with van der Waals surface area (Å²) in [5, 5.41) is 13.4. The summed E-state index contributed by atoms with van der Waals surface area (Å²) >= 11 is 0. The number of nitriles is 1. The quantitative estimate of drug-likeness (QED) is 0.844. The van der Waals surface area contributed by atoms with Gasteiger partial charge in [-0.3, -0.25) is 9.58 Å². The lowest BCUT2D eigenvalue weighted by molar-refractivity contribution is -0.0904. The third kappa shape index (κ3) is 3.96. The highest BCUT2D eigenvalue weighted by Crippen LogP contribution is 2.34. The Morgan fingerprint density at radius 3 is 3.15 bits per heavy atom. The second-order valence-corrected chi connectivity index (χ2v) is 7.27. The average molecular weight is 352 g/mol. The zero-order chi connectivity index (χ0) is 17.8. The molecule has 2 aliphatic heterocycles. The van der Waals surface area contributed by atoms with Crippen LogP contribution in [0.3, 0.4) is 0 Å². The van der Waals surface area contributed by atoms with E-state index in [9.17, 15) is 0 Å². The van der Waals surface area contributed by atoms with Gasteiger partial charge in [-0.1, -0.05) is 12.1 Å². The summed E-state index contributed by atoms with van der Waals surface area (Å²) in [6.07, 6.45) is 6.00. The van der Waals surface area contributed by atoms with Crippen LogP contribution in [-0.4, -0.2) is 52.7 Å². The molecule has 136 valence electrons. The first-order valence-electron chi connectivity index (χ1n) is 9.19. The predicted octanol–water partition coefficient (Wildman–Crippen LogP) is 2.20. The molecule has 1 aromatic carbocycles. The largest absolute Gasteiger partial charge is 0.377 e. The van der Waals surface area contributed by atoms with Crippen LogP contribution in [0, 0.1) is 11.3 Å². The SMILES string of the molecule is N#Cc1cccc(CN2CCOC[C@@]3(CC[C@@H](Cn4cccn4)O3)C2)c1. The van der Waals surface area contributed by atoms with Crippen LogP contribution in [0.4, 0.5) is 0 Å². The Morgan fingerprint density at radius 2 is 2.31 bits per heavy atom. The topological polar surface area (TPSA) is 63.3 Å². The first kappa shape index (κ1) is 17.2. The van der Waals surface area contributed by atoms with Crippen molar-refractivity contribution in [3.05, 3.63) is 53.9 Å². The second kappa shape index (κ2) is 7.58. The predicted molar refractivity (Wildman–Crippen MR) is 96.3 cm³/mol. The van der Waals surface area contributed by atoms with Crippen molar-refractivity contribution in [2.75, 3.05) is 26.3 Å². The van der Waals surface area contributed by atoms with Crippen LogP contribution in [0.5, 0.6) is 0 Å². The summed E-state index contributed by atoms with van der Waals surface area (Å²) in [7, 11) is 0. The maximum absolute atomic E-state index is 9.10. The van der Waals surface area contributed by atoms with Gasteiger partial charge in [0.25, 0.3) is 0 Å². The van der Waals surface area contributed by atoms with Crippen LogP contribution in [0.15, 0.2) is 42.7 Å². The smallest absolute Gasteiger partial charge is 0.105 e. The molecule has 1 aromatic heterocycles. The van der Waals surface area contributed by atoms with E-state index in [1.165, 1.54) is 0 Å². The van der Waals surface area contributed by atoms with Gasteiger partial charge < -0.3 is 9.47 Å². The summed E-state index contributed by atoms with van der Waals surface area (Å²) < 4.78 is 14.3. The fourth-order valence-corrected chi connectivity index (χ4v) is 3.98. The molecule has 3 heterocycles. The fourth-order valence-electron chi connectivity index (χ4n) is 3.98. The van der Waals surface area contributed by atoms with Crippen LogP contribution < -0.4 is 0 Å². The van der Waals surface area contributed by atoms with Gasteiger partial charge in [0, 0.05) is 32.0 Å². The molecule has 26 heavy (non-hydrogen) atoms. The van der Waals surface area contributed by atoms with Crippen molar-refractivity contribution in [2.24, 2.45) is 0 Å². The minimum atomic E-state index is -0.235. The maximum Gasteiger partial charge on any atom is 0.105 e. The van der Waals surface area contributed by atoms with Crippen LogP contribution in [-0.2, 0) is 22.6 Å². The van der Waals surface area contributed by atoms with Crippen molar-refractivity contribution >= 4 is 0 Å². The molecule has 0 bridgehead atoms. The second-order valence-electron chi connectivity index (χ2n) is 7.27. The van der Waals surface area contributed by atoms with Crippen molar-refractivity contribution in [1.29, 1.82) is 5.26 Å². The van der Waals surface area contributed by atoms with Gasteiger partial charge in [0.1, 0.15) is 5.60 Å². The number of benzene rings is 1. The number of ether oxygens (including phenoxy) is 2. The third-order valence-electron chi connectivity index (χ3n) is 5.18. The molecular weight excluding hydrogens is 328 g/mol. The van der Waals surface area contributed by atoms with Crippen molar-refractivity contribution in [2.45, 2.75) is 37.6 Å². The summed E-state index contributed by atoms with van der Waals surface area (Å²) in [6.45, 7) is 4.71. The molecule has 6 nitrogen and oxygen atoms in total. The molecular formula is C20H24N4O2. The van der Waals surface area contributed by atoms with Gasteiger partial charge >= 0.3 is 0 Å². The molecule has 0 N–H and O–H groups in total. The van der Waals surface area contributed by atoms with E-state index in [0.29, 0.717) is 18.8 Å². The highest BCUT2D eigenvalue weighted by Gasteiger charge is 2.43. The van der Waals surface area contributed by atoms with Crippen LogP contribution in [0.25, 0.3) is 0 Å². The van der Waals surface area contributed by atoms with E-state index in [-0.39, 0.29) is 11.7 Å². The Hall–Kier alpha value is -2.20. The number of hydrogen-bond donors (Lipinski definition) is 0. The Balaban J connectivity index is 1.42. The van der Waals surface area contributed by atoms with E-state index < -0.39 is 0 Å². The minimum Gasteiger partial charge on any atom is -0.377 e. The van der Waals surface area contributed by atoms with E-state index in [4.69, 9.17) is 14.7 Å². The van der Waals surface area contributed by atoms with Crippen molar-refractivity contribution in [3.63, 3.8) is 0 Å². The molecule has 2 atom stereocenters. The summed E-state index contributed by atoms with van der Waals surface area (Å²) in [6, 6.07) is 12.0. The van der Waals surface area contributed by atoms with Crippen molar-refractivity contribution < 1.29 is 9.47 Å². The molecule has 6 heteroatoms. The highest BCUT2D eigenvalue weighted by atomic mass is 16.6. The Morgan fingerprint density at radius 1 is 1.35 bits per heavy atom. The number of nitrogens with zero attached hydrogens (tertiary/aromatic N) is 4. The molecule has 1 spiro atoms. The first-order valence-corrected chi connectivity index (χ1v) is 9.19. The summed E-state index contributed by atoms with van der Waals surface area (Å²) in [5.41, 5.74) is 1.63. The molecule has 0 aliphatic carbocycles. The van der Waals surface area contributed by atoms with E-state index in [0.717, 1.165) is 44.6 Å². The molecule has 2 fully saturated rings. The van der Waals surface area contributed by atoms with E-state index in [2.05, 4.69) is 22.1 Å². The average Bonchev–Trinajstić information content (AvgIpc) is 3.25. The number of hydrogen-bond acceptors (Lipinski definition) is 5. The van der Waals surface area contributed by atoms with E-state index in [1.54, 1.807) is 6.20 Å². The van der Waals surface area contributed by atoms with E-state index >= 15 is 0 Å². The molecule has 0 saturated carbocycles. The standard InChI is InChI=1S/C20H24N4O2/c21-12-17-3-1-4-18(11-17)13-23-9-10-25-16-20(15-23)6-5-19(26-20)14-24-8-2-7-22-24/h1-4,7-8,11,19H,5-6,9-10,13-16H2/t19-,20+/m0/s1. The monoisotopic (exact) mass is 352 g/mol.